The van der Waals surface area contributed by atoms with Gasteiger partial charge in [-0.15, -0.1) is 0 Å². The van der Waals surface area contributed by atoms with Crippen molar-refractivity contribution in [1.29, 1.82) is 0 Å². The molecule has 4 N–H and O–H groups in total. The third-order valence-electron chi connectivity index (χ3n) is 1.65. The van der Waals surface area contributed by atoms with Crippen LogP contribution >= 0.6 is 11.8 Å². The zero-order valence-electron chi connectivity index (χ0n) is 8.29. The molecule has 0 bridgehead atoms. The van der Waals surface area contributed by atoms with Gasteiger partial charge in [-0.3, -0.25) is 0 Å². The maximum Gasteiger partial charge on any atom is 0.139 e. The summed E-state index contributed by atoms with van der Waals surface area (Å²) in [7, 11) is 0. The standard InChI is InChI=1S/C8H19N3OS/c1-7(6-13-2)10-5-3-4-8(9)11-12/h7,10,12H,3-6H2,1-2H3,(H2,9,11). The highest BCUT2D eigenvalue weighted by atomic mass is 32.2. The van der Waals surface area contributed by atoms with Crippen LogP contribution in [0.5, 0.6) is 0 Å². The maximum absolute atomic E-state index is 8.27. The SMILES string of the molecule is CSCC(C)NCCCC(N)=NO. The Labute approximate surface area is 84.0 Å². The van der Waals surface area contributed by atoms with E-state index in [1.165, 1.54) is 0 Å². The molecule has 0 aliphatic rings. The lowest BCUT2D eigenvalue weighted by Crippen LogP contribution is -2.29. The lowest BCUT2D eigenvalue weighted by molar-refractivity contribution is 0.316. The van der Waals surface area contributed by atoms with Crippen molar-refractivity contribution in [1.82, 2.24) is 5.32 Å². The van der Waals surface area contributed by atoms with Crippen LogP contribution in [0.15, 0.2) is 5.16 Å². The summed E-state index contributed by atoms with van der Waals surface area (Å²) in [5.41, 5.74) is 5.32. The molecule has 0 saturated carbocycles. The molecule has 0 radical (unpaired) electrons. The molecule has 5 heteroatoms. The average molecular weight is 205 g/mol. The Balaban J connectivity index is 3.25. The molecular weight excluding hydrogens is 186 g/mol. The van der Waals surface area contributed by atoms with Crippen LogP contribution in [0.4, 0.5) is 0 Å². The summed E-state index contributed by atoms with van der Waals surface area (Å²) in [5, 5.41) is 14.5. The Kier molecular flexibility index (Phi) is 7.93. The fourth-order valence-electron chi connectivity index (χ4n) is 0.977. The smallest absolute Gasteiger partial charge is 0.139 e. The minimum atomic E-state index is 0.305. The topological polar surface area (TPSA) is 70.6 Å². The first-order valence-corrected chi connectivity index (χ1v) is 5.78. The second-order valence-corrected chi connectivity index (χ2v) is 3.92. The van der Waals surface area contributed by atoms with E-state index in [0.717, 1.165) is 18.7 Å². The van der Waals surface area contributed by atoms with E-state index in [-0.39, 0.29) is 0 Å². The molecule has 13 heavy (non-hydrogen) atoms. The van der Waals surface area contributed by atoms with Crippen molar-refractivity contribution in [3.8, 4) is 0 Å². The van der Waals surface area contributed by atoms with Crippen molar-refractivity contribution in [2.24, 2.45) is 10.9 Å². The number of oxime groups is 1. The van der Waals surface area contributed by atoms with Gasteiger partial charge in [0.25, 0.3) is 0 Å². The van der Waals surface area contributed by atoms with Crippen molar-refractivity contribution in [3.05, 3.63) is 0 Å². The van der Waals surface area contributed by atoms with Gasteiger partial charge in [-0.1, -0.05) is 5.16 Å². The van der Waals surface area contributed by atoms with Crippen LogP contribution < -0.4 is 11.1 Å². The van der Waals surface area contributed by atoms with Gasteiger partial charge in [-0.25, -0.2) is 0 Å². The fraction of sp³-hybridized carbons (Fsp3) is 0.875. The molecule has 0 aliphatic heterocycles. The highest BCUT2D eigenvalue weighted by molar-refractivity contribution is 7.98. The molecule has 1 atom stereocenters. The van der Waals surface area contributed by atoms with E-state index in [4.69, 9.17) is 10.9 Å². The lowest BCUT2D eigenvalue weighted by atomic mass is 10.3. The first-order chi connectivity index (χ1) is 6.20. The predicted octanol–water partition coefficient (Wildman–Crippen LogP) is 0.854. The molecule has 0 spiro atoms. The minimum absolute atomic E-state index is 0.305. The Morgan fingerprint density at radius 2 is 2.38 bits per heavy atom. The molecule has 0 saturated heterocycles. The quantitative estimate of drug-likeness (QED) is 0.189. The predicted molar refractivity (Wildman–Crippen MR) is 58.5 cm³/mol. The summed E-state index contributed by atoms with van der Waals surface area (Å²) >= 11 is 1.83. The van der Waals surface area contributed by atoms with Crippen molar-refractivity contribution in [2.45, 2.75) is 25.8 Å². The van der Waals surface area contributed by atoms with Crippen LogP contribution in [0.3, 0.4) is 0 Å². The van der Waals surface area contributed by atoms with Gasteiger partial charge < -0.3 is 16.3 Å². The number of hydrogen-bond donors (Lipinski definition) is 3. The Morgan fingerprint density at radius 1 is 1.69 bits per heavy atom. The monoisotopic (exact) mass is 205 g/mol. The molecule has 0 aromatic carbocycles. The Bertz CT molecular complexity index is 152. The zero-order valence-corrected chi connectivity index (χ0v) is 9.10. The molecule has 0 aliphatic carbocycles. The molecule has 0 heterocycles. The van der Waals surface area contributed by atoms with Gasteiger partial charge in [-0.05, 0) is 26.1 Å². The van der Waals surface area contributed by atoms with Crippen molar-refractivity contribution >= 4 is 17.6 Å². The number of rotatable bonds is 7. The van der Waals surface area contributed by atoms with Crippen LogP contribution in [0.1, 0.15) is 19.8 Å². The van der Waals surface area contributed by atoms with E-state index in [2.05, 4.69) is 23.7 Å². The highest BCUT2D eigenvalue weighted by Gasteiger charge is 1.99. The molecule has 4 nitrogen and oxygen atoms in total. The first kappa shape index (κ1) is 12.6. The third-order valence-corrected chi connectivity index (χ3v) is 2.48. The molecular formula is C8H19N3OS. The Morgan fingerprint density at radius 3 is 2.92 bits per heavy atom. The second kappa shape index (κ2) is 8.19. The number of thioether (sulfide) groups is 1. The molecule has 78 valence electrons. The molecule has 0 fully saturated rings. The molecule has 0 rings (SSSR count). The normalized spacial score (nSPS) is 14.5. The summed E-state index contributed by atoms with van der Waals surface area (Å²) in [6.07, 6.45) is 3.65. The summed E-state index contributed by atoms with van der Waals surface area (Å²) in [4.78, 5) is 0. The Hall–Kier alpha value is -0.420. The molecule has 1 unspecified atom stereocenters. The van der Waals surface area contributed by atoms with E-state index in [9.17, 15) is 0 Å². The number of nitrogens with zero attached hydrogens (tertiary/aromatic N) is 1. The fourth-order valence-corrected chi connectivity index (χ4v) is 1.59. The molecule has 0 aromatic rings. The van der Waals surface area contributed by atoms with Gasteiger partial charge in [0.1, 0.15) is 5.84 Å². The highest BCUT2D eigenvalue weighted by Crippen LogP contribution is 1.96. The minimum Gasteiger partial charge on any atom is -0.409 e. The summed E-state index contributed by atoms with van der Waals surface area (Å²) in [6, 6.07) is 0.530. The van der Waals surface area contributed by atoms with Gasteiger partial charge in [0.15, 0.2) is 0 Å². The third kappa shape index (κ3) is 7.93. The maximum atomic E-state index is 8.27. The van der Waals surface area contributed by atoms with E-state index < -0.39 is 0 Å². The van der Waals surface area contributed by atoms with Crippen LogP contribution in [0, 0.1) is 0 Å². The first-order valence-electron chi connectivity index (χ1n) is 4.39. The van der Waals surface area contributed by atoms with Crippen molar-refractivity contribution in [3.63, 3.8) is 0 Å². The summed E-state index contributed by atoms with van der Waals surface area (Å²) in [5.74, 6) is 1.42. The number of nitrogens with one attached hydrogen (secondary N) is 1. The average Bonchev–Trinajstić information content (AvgIpc) is 2.12. The van der Waals surface area contributed by atoms with Gasteiger partial charge >= 0.3 is 0 Å². The van der Waals surface area contributed by atoms with Crippen molar-refractivity contribution < 1.29 is 5.21 Å². The van der Waals surface area contributed by atoms with Crippen LogP contribution in [0.2, 0.25) is 0 Å². The largest absolute Gasteiger partial charge is 0.409 e. The van der Waals surface area contributed by atoms with Crippen LogP contribution in [0.25, 0.3) is 0 Å². The van der Waals surface area contributed by atoms with E-state index in [1.807, 2.05) is 11.8 Å². The number of hydrogen-bond acceptors (Lipinski definition) is 4. The summed E-state index contributed by atoms with van der Waals surface area (Å²) < 4.78 is 0. The van der Waals surface area contributed by atoms with E-state index >= 15 is 0 Å². The van der Waals surface area contributed by atoms with E-state index in [0.29, 0.717) is 18.3 Å². The summed E-state index contributed by atoms with van der Waals surface area (Å²) in [6.45, 7) is 3.07. The molecule has 0 aromatic heterocycles. The zero-order chi connectivity index (χ0) is 10.1. The van der Waals surface area contributed by atoms with Crippen LogP contribution in [-0.2, 0) is 0 Å². The lowest BCUT2D eigenvalue weighted by Gasteiger charge is -2.11. The van der Waals surface area contributed by atoms with Crippen molar-refractivity contribution in [2.75, 3.05) is 18.6 Å². The van der Waals surface area contributed by atoms with Gasteiger partial charge in [0.05, 0.1) is 0 Å². The van der Waals surface area contributed by atoms with Gasteiger partial charge in [0, 0.05) is 18.2 Å². The molecule has 0 amide bonds. The van der Waals surface area contributed by atoms with Gasteiger partial charge in [0.2, 0.25) is 0 Å². The van der Waals surface area contributed by atoms with Gasteiger partial charge in [-0.2, -0.15) is 11.8 Å². The number of nitrogens with two attached hydrogens (primary N) is 1. The van der Waals surface area contributed by atoms with Crippen LogP contribution in [-0.4, -0.2) is 35.6 Å². The second-order valence-electron chi connectivity index (χ2n) is 3.01. The number of amidine groups is 1. The van der Waals surface area contributed by atoms with E-state index in [1.54, 1.807) is 0 Å².